The number of amides is 1. The first-order valence-electron chi connectivity index (χ1n) is 6.93. The molecule has 0 bridgehead atoms. The number of fused-ring (bicyclic) bond motifs is 1. The van der Waals surface area contributed by atoms with Gasteiger partial charge in [-0.3, -0.25) is 4.98 Å². The van der Waals surface area contributed by atoms with Crippen molar-refractivity contribution in [3.05, 3.63) is 42.1 Å². The average Bonchev–Trinajstić information content (AvgIpc) is 2.42. The number of pyridine rings is 1. The van der Waals surface area contributed by atoms with Gasteiger partial charge < -0.3 is 15.8 Å². The van der Waals surface area contributed by atoms with Crippen molar-refractivity contribution in [2.75, 3.05) is 6.54 Å². The zero-order valence-corrected chi connectivity index (χ0v) is 12.6. The number of rotatable bonds is 3. The number of hydrogen-bond donors (Lipinski definition) is 2. The van der Waals surface area contributed by atoms with Crippen LogP contribution in [-0.2, 0) is 4.74 Å². The van der Waals surface area contributed by atoms with Crippen molar-refractivity contribution < 1.29 is 9.53 Å². The highest BCUT2D eigenvalue weighted by atomic mass is 16.6. The number of alkyl carbamates (subject to hydrolysis) is 1. The van der Waals surface area contributed by atoms with Crippen molar-refractivity contribution in [3.63, 3.8) is 0 Å². The second-order valence-electron chi connectivity index (χ2n) is 5.89. The molecule has 0 aliphatic heterocycles. The minimum atomic E-state index is -0.531. The summed E-state index contributed by atoms with van der Waals surface area (Å²) in [5.41, 5.74) is 7.09. The summed E-state index contributed by atoms with van der Waals surface area (Å²) in [6.07, 6.45) is 1.28. The highest BCUT2D eigenvalue weighted by Crippen LogP contribution is 2.19. The van der Waals surface area contributed by atoms with E-state index >= 15 is 0 Å². The smallest absolute Gasteiger partial charge is 0.408 e. The van der Waals surface area contributed by atoms with Gasteiger partial charge in [0, 0.05) is 18.1 Å². The largest absolute Gasteiger partial charge is 0.444 e. The van der Waals surface area contributed by atoms with Gasteiger partial charge in [-0.15, -0.1) is 0 Å². The molecule has 0 radical (unpaired) electrons. The van der Waals surface area contributed by atoms with E-state index in [0.717, 1.165) is 16.5 Å². The number of benzene rings is 1. The standard InChI is InChI=1S/C16H21N3O2/c1-16(2,3)21-15(20)19-14(10-17)12-6-7-13-11(9-12)5-4-8-18-13/h4-9,14H,10,17H2,1-3H3,(H,19,20). The molecule has 1 atom stereocenters. The summed E-state index contributed by atoms with van der Waals surface area (Å²) in [6, 6.07) is 9.40. The maximum Gasteiger partial charge on any atom is 0.408 e. The third kappa shape index (κ3) is 4.16. The molecule has 5 heteroatoms. The Morgan fingerprint density at radius 2 is 2.14 bits per heavy atom. The van der Waals surface area contributed by atoms with Crippen LogP contribution in [0, 0.1) is 0 Å². The average molecular weight is 287 g/mol. The zero-order valence-electron chi connectivity index (χ0n) is 12.6. The fraction of sp³-hybridized carbons (Fsp3) is 0.375. The summed E-state index contributed by atoms with van der Waals surface area (Å²) in [5, 5.41) is 3.81. The van der Waals surface area contributed by atoms with Gasteiger partial charge in [0.2, 0.25) is 0 Å². The first kappa shape index (κ1) is 15.3. The molecule has 1 amide bonds. The van der Waals surface area contributed by atoms with Crippen molar-refractivity contribution in [3.8, 4) is 0 Å². The molecule has 2 rings (SSSR count). The monoisotopic (exact) mass is 287 g/mol. The van der Waals surface area contributed by atoms with Crippen LogP contribution in [0.5, 0.6) is 0 Å². The maximum atomic E-state index is 11.9. The lowest BCUT2D eigenvalue weighted by Gasteiger charge is -2.23. The van der Waals surface area contributed by atoms with Gasteiger partial charge in [0.15, 0.2) is 0 Å². The van der Waals surface area contributed by atoms with E-state index in [1.165, 1.54) is 0 Å². The molecule has 2 aromatic rings. The highest BCUT2D eigenvalue weighted by molar-refractivity contribution is 5.79. The molecular formula is C16H21N3O2. The van der Waals surface area contributed by atoms with Gasteiger partial charge in [-0.2, -0.15) is 0 Å². The number of nitrogens with one attached hydrogen (secondary N) is 1. The van der Waals surface area contributed by atoms with Crippen LogP contribution >= 0.6 is 0 Å². The summed E-state index contributed by atoms with van der Waals surface area (Å²) in [5.74, 6) is 0. The topological polar surface area (TPSA) is 77.2 Å². The molecule has 5 nitrogen and oxygen atoms in total. The molecule has 21 heavy (non-hydrogen) atoms. The molecular weight excluding hydrogens is 266 g/mol. The molecule has 0 saturated carbocycles. The summed E-state index contributed by atoms with van der Waals surface area (Å²) >= 11 is 0. The molecule has 3 N–H and O–H groups in total. The highest BCUT2D eigenvalue weighted by Gasteiger charge is 2.19. The molecule has 1 aromatic heterocycles. The van der Waals surface area contributed by atoms with Crippen molar-refractivity contribution in [2.24, 2.45) is 5.73 Å². The minimum Gasteiger partial charge on any atom is -0.444 e. The third-order valence-corrected chi connectivity index (χ3v) is 2.96. The Hall–Kier alpha value is -2.14. The van der Waals surface area contributed by atoms with Gasteiger partial charge in [0.05, 0.1) is 11.6 Å². The number of carbonyl (C=O) groups excluding carboxylic acids is 1. The van der Waals surface area contributed by atoms with Crippen LogP contribution in [0.25, 0.3) is 10.9 Å². The van der Waals surface area contributed by atoms with E-state index in [2.05, 4.69) is 10.3 Å². The van der Waals surface area contributed by atoms with Crippen LogP contribution in [0.2, 0.25) is 0 Å². The number of carbonyl (C=O) groups is 1. The van der Waals surface area contributed by atoms with Gasteiger partial charge in [-0.1, -0.05) is 12.1 Å². The van der Waals surface area contributed by atoms with Gasteiger partial charge in [0.1, 0.15) is 5.60 Å². The maximum absolute atomic E-state index is 11.9. The lowest BCUT2D eigenvalue weighted by Crippen LogP contribution is -2.37. The second-order valence-corrected chi connectivity index (χ2v) is 5.89. The van der Waals surface area contributed by atoms with Crippen LogP contribution < -0.4 is 11.1 Å². The fourth-order valence-corrected chi connectivity index (χ4v) is 2.04. The SMILES string of the molecule is CC(C)(C)OC(=O)NC(CN)c1ccc2ncccc2c1. The van der Waals surface area contributed by atoms with Crippen LogP contribution in [0.3, 0.4) is 0 Å². The number of hydrogen-bond acceptors (Lipinski definition) is 4. The van der Waals surface area contributed by atoms with E-state index in [9.17, 15) is 4.79 Å². The van der Waals surface area contributed by atoms with E-state index in [-0.39, 0.29) is 6.04 Å². The molecule has 0 saturated heterocycles. The summed E-state index contributed by atoms with van der Waals surface area (Å²) in [7, 11) is 0. The Kier molecular flexibility index (Phi) is 4.43. The number of aromatic nitrogens is 1. The van der Waals surface area contributed by atoms with Gasteiger partial charge in [0.25, 0.3) is 0 Å². The Labute approximate surface area is 124 Å². The number of ether oxygens (including phenoxy) is 1. The van der Waals surface area contributed by atoms with Gasteiger partial charge in [-0.05, 0) is 44.5 Å². The van der Waals surface area contributed by atoms with E-state index in [0.29, 0.717) is 6.54 Å². The molecule has 0 aliphatic rings. The molecule has 0 spiro atoms. The lowest BCUT2D eigenvalue weighted by molar-refractivity contribution is 0.0505. The molecule has 1 aromatic carbocycles. The predicted molar refractivity (Wildman–Crippen MR) is 82.9 cm³/mol. The Morgan fingerprint density at radius 1 is 1.38 bits per heavy atom. The second kappa shape index (κ2) is 6.10. The van der Waals surface area contributed by atoms with Crippen molar-refractivity contribution in [1.29, 1.82) is 0 Å². The van der Waals surface area contributed by atoms with Crippen LogP contribution in [-0.4, -0.2) is 23.2 Å². The lowest BCUT2D eigenvalue weighted by atomic mass is 10.0. The molecule has 1 unspecified atom stereocenters. The minimum absolute atomic E-state index is 0.288. The van der Waals surface area contributed by atoms with E-state index in [1.807, 2.05) is 51.1 Å². The zero-order chi connectivity index (χ0) is 15.5. The fourth-order valence-electron chi connectivity index (χ4n) is 2.04. The van der Waals surface area contributed by atoms with Crippen LogP contribution in [0.15, 0.2) is 36.5 Å². The van der Waals surface area contributed by atoms with Crippen molar-refractivity contribution in [2.45, 2.75) is 32.4 Å². The third-order valence-electron chi connectivity index (χ3n) is 2.96. The van der Waals surface area contributed by atoms with Crippen LogP contribution in [0.1, 0.15) is 32.4 Å². The van der Waals surface area contributed by atoms with Crippen molar-refractivity contribution in [1.82, 2.24) is 10.3 Å². The van der Waals surface area contributed by atoms with Gasteiger partial charge >= 0.3 is 6.09 Å². The Balaban J connectivity index is 2.17. The number of nitrogens with zero attached hydrogens (tertiary/aromatic N) is 1. The Bertz CT molecular complexity index is 635. The van der Waals surface area contributed by atoms with Crippen LogP contribution in [0.4, 0.5) is 4.79 Å². The summed E-state index contributed by atoms with van der Waals surface area (Å²) in [4.78, 5) is 16.1. The summed E-state index contributed by atoms with van der Waals surface area (Å²) < 4.78 is 5.26. The first-order valence-corrected chi connectivity index (χ1v) is 6.93. The molecule has 0 fully saturated rings. The van der Waals surface area contributed by atoms with E-state index < -0.39 is 11.7 Å². The molecule has 0 aliphatic carbocycles. The predicted octanol–water partition coefficient (Wildman–Crippen LogP) is 2.76. The molecule has 112 valence electrons. The number of nitrogens with two attached hydrogens (primary N) is 1. The summed E-state index contributed by atoms with van der Waals surface area (Å²) in [6.45, 7) is 5.77. The van der Waals surface area contributed by atoms with Gasteiger partial charge in [-0.25, -0.2) is 4.79 Å². The van der Waals surface area contributed by atoms with E-state index in [1.54, 1.807) is 6.20 Å². The van der Waals surface area contributed by atoms with E-state index in [4.69, 9.17) is 10.5 Å². The molecule has 1 heterocycles. The normalized spacial score (nSPS) is 13.0. The first-order chi connectivity index (χ1) is 9.89. The van der Waals surface area contributed by atoms with Crippen molar-refractivity contribution >= 4 is 17.0 Å². The quantitative estimate of drug-likeness (QED) is 0.910. The Morgan fingerprint density at radius 3 is 2.81 bits per heavy atom.